The number of halogens is 2. The first kappa shape index (κ1) is 20.4. The number of ether oxygens (including phenoxy) is 1. The predicted molar refractivity (Wildman–Crippen MR) is 120 cm³/mol. The molecule has 1 amide bonds. The van der Waals surface area contributed by atoms with Gasteiger partial charge in [0.05, 0.1) is 29.3 Å². The van der Waals surface area contributed by atoms with E-state index < -0.39 is 0 Å². The molecule has 9 heteroatoms. The van der Waals surface area contributed by atoms with Crippen LogP contribution in [-0.2, 0) is 11.2 Å². The second-order valence-corrected chi connectivity index (χ2v) is 8.16. The maximum absolute atomic E-state index is 12.2. The summed E-state index contributed by atoms with van der Waals surface area (Å²) in [5, 5.41) is 10.1. The number of carbonyl (C=O) groups excluding carboxylic acids is 1. The van der Waals surface area contributed by atoms with Gasteiger partial charge in [0.2, 0.25) is 5.91 Å². The molecule has 0 unspecified atom stereocenters. The van der Waals surface area contributed by atoms with Gasteiger partial charge in [0.15, 0.2) is 5.82 Å². The van der Waals surface area contributed by atoms with Crippen LogP contribution >= 0.6 is 34.5 Å². The minimum absolute atomic E-state index is 0.0656. The lowest BCUT2D eigenvalue weighted by atomic mass is 10.2. The van der Waals surface area contributed by atoms with Crippen LogP contribution in [0.5, 0.6) is 6.01 Å². The van der Waals surface area contributed by atoms with E-state index >= 15 is 0 Å². The Morgan fingerprint density at radius 2 is 1.93 bits per heavy atom. The normalized spacial score (nSPS) is 10.8. The zero-order valence-electron chi connectivity index (χ0n) is 15.8. The second-order valence-electron chi connectivity index (χ2n) is 6.31. The highest BCUT2D eigenvalue weighted by molar-refractivity contribution is 7.10. The minimum Gasteiger partial charge on any atom is -0.466 e. The molecule has 0 aliphatic heterocycles. The maximum atomic E-state index is 12.2. The van der Waals surface area contributed by atoms with Crippen LogP contribution in [-0.4, -0.2) is 27.8 Å². The molecule has 2 heterocycles. The second kappa shape index (κ2) is 8.87. The third kappa shape index (κ3) is 4.48. The van der Waals surface area contributed by atoms with Crippen molar-refractivity contribution < 1.29 is 9.53 Å². The van der Waals surface area contributed by atoms with Crippen molar-refractivity contribution in [2.24, 2.45) is 0 Å². The Bertz CT molecular complexity index is 1170. The van der Waals surface area contributed by atoms with Gasteiger partial charge in [-0.3, -0.25) is 4.79 Å². The van der Waals surface area contributed by atoms with Gasteiger partial charge in [0.1, 0.15) is 0 Å². The van der Waals surface area contributed by atoms with Gasteiger partial charge >= 0.3 is 6.01 Å². The molecule has 2 aromatic carbocycles. The molecule has 152 valence electrons. The fourth-order valence-corrected chi connectivity index (χ4v) is 3.85. The molecule has 0 aliphatic rings. The average Bonchev–Trinajstić information content (AvgIpc) is 3.40. The number of nitrogens with zero attached hydrogens (tertiary/aromatic N) is 3. The summed E-state index contributed by atoms with van der Waals surface area (Å²) in [6.07, 6.45) is 0.348. The Kier molecular flexibility index (Phi) is 6.03. The number of benzene rings is 2. The van der Waals surface area contributed by atoms with E-state index in [1.165, 1.54) is 7.11 Å². The first-order chi connectivity index (χ1) is 14.5. The van der Waals surface area contributed by atoms with Crippen molar-refractivity contribution in [1.82, 2.24) is 14.8 Å². The third-order valence-corrected chi connectivity index (χ3v) is 5.87. The summed E-state index contributed by atoms with van der Waals surface area (Å²) in [6.45, 7) is 0. The van der Waals surface area contributed by atoms with Gasteiger partial charge in [-0.25, -0.2) is 4.68 Å². The van der Waals surface area contributed by atoms with Crippen LogP contribution in [0, 0.1) is 0 Å². The number of aromatic nitrogens is 3. The molecular formula is C21H16Cl2N4O2S. The SMILES string of the molecule is COc1nc(-c2ccc(Cl)c(Cl)c2)n(-c2ccc(NC(=O)Cc3cccs3)cc2)n1. The number of methoxy groups -OCH3 is 1. The summed E-state index contributed by atoms with van der Waals surface area (Å²) in [4.78, 5) is 17.6. The molecule has 0 atom stereocenters. The van der Waals surface area contributed by atoms with E-state index in [2.05, 4.69) is 15.4 Å². The van der Waals surface area contributed by atoms with Gasteiger partial charge in [0.25, 0.3) is 0 Å². The van der Waals surface area contributed by atoms with Crippen LogP contribution < -0.4 is 10.1 Å². The largest absolute Gasteiger partial charge is 0.466 e. The number of anilines is 1. The van der Waals surface area contributed by atoms with Crippen molar-refractivity contribution in [2.75, 3.05) is 12.4 Å². The quantitative estimate of drug-likeness (QED) is 0.414. The lowest BCUT2D eigenvalue weighted by Gasteiger charge is -2.09. The summed E-state index contributed by atoms with van der Waals surface area (Å²) < 4.78 is 6.85. The maximum Gasteiger partial charge on any atom is 0.336 e. The summed E-state index contributed by atoms with van der Waals surface area (Å²) in [7, 11) is 1.50. The van der Waals surface area contributed by atoms with Gasteiger partial charge in [-0.15, -0.1) is 16.4 Å². The number of carbonyl (C=O) groups is 1. The standard InChI is InChI=1S/C21H16Cl2N4O2S/c1-29-21-25-20(13-4-9-17(22)18(23)11-13)27(26-21)15-7-5-14(6-8-15)24-19(28)12-16-3-2-10-30-16/h2-11H,12H2,1H3,(H,24,28). The lowest BCUT2D eigenvalue weighted by Crippen LogP contribution is -2.13. The van der Waals surface area contributed by atoms with E-state index in [1.807, 2.05) is 47.8 Å². The third-order valence-electron chi connectivity index (χ3n) is 4.26. The molecule has 0 radical (unpaired) electrons. The van der Waals surface area contributed by atoms with Crippen molar-refractivity contribution >= 4 is 46.1 Å². The number of nitrogens with one attached hydrogen (secondary N) is 1. The highest BCUT2D eigenvalue weighted by Crippen LogP contribution is 2.30. The molecule has 4 aromatic rings. The molecule has 0 saturated carbocycles. The average molecular weight is 459 g/mol. The van der Waals surface area contributed by atoms with Crippen LogP contribution in [0.1, 0.15) is 4.88 Å². The number of hydrogen-bond acceptors (Lipinski definition) is 5. The van der Waals surface area contributed by atoms with E-state index in [0.29, 0.717) is 28.0 Å². The van der Waals surface area contributed by atoms with E-state index in [4.69, 9.17) is 27.9 Å². The summed E-state index contributed by atoms with van der Waals surface area (Å²) in [6, 6.07) is 16.7. The Morgan fingerprint density at radius 3 is 2.60 bits per heavy atom. The molecule has 1 N–H and O–H groups in total. The van der Waals surface area contributed by atoms with Gasteiger partial charge in [-0.1, -0.05) is 29.3 Å². The van der Waals surface area contributed by atoms with Crippen molar-refractivity contribution in [3.63, 3.8) is 0 Å². The summed E-state index contributed by atoms with van der Waals surface area (Å²) >= 11 is 13.7. The van der Waals surface area contributed by atoms with Gasteiger partial charge < -0.3 is 10.1 Å². The number of hydrogen-bond donors (Lipinski definition) is 1. The molecular weight excluding hydrogens is 443 g/mol. The Balaban J connectivity index is 1.58. The first-order valence-corrected chi connectivity index (χ1v) is 10.6. The number of thiophene rings is 1. The van der Waals surface area contributed by atoms with Crippen LogP contribution in [0.15, 0.2) is 60.0 Å². The molecule has 6 nitrogen and oxygen atoms in total. The van der Waals surface area contributed by atoms with Gasteiger partial charge in [-0.05, 0) is 53.9 Å². The van der Waals surface area contributed by atoms with Crippen LogP contribution in [0.2, 0.25) is 10.0 Å². The summed E-state index contributed by atoms with van der Waals surface area (Å²) in [5.74, 6) is 0.490. The Hall–Kier alpha value is -2.87. The molecule has 30 heavy (non-hydrogen) atoms. The van der Waals surface area contributed by atoms with Crippen molar-refractivity contribution in [3.05, 3.63) is 74.9 Å². The van der Waals surface area contributed by atoms with Crippen LogP contribution in [0.25, 0.3) is 17.1 Å². The Labute approximate surface area is 187 Å². The smallest absolute Gasteiger partial charge is 0.336 e. The van der Waals surface area contributed by atoms with Crippen molar-refractivity contribution in [1.29, 1.82) is 0 Å². The fourth-order valence-electron chi connectivity index (χ4n) is 2.84. The summed E-state index contributed by atoms with van der Waals surface area (Å²) in [5.41, 5.74) is 2.19. The molecule has 0 aliphatic carbocycles. The zero-order chi connectivity index (χ0) is 21.1. The topological polar surface area (TPSA) is 69.0 Å². The van der Waals surface area contributed by atoms with Gasteiger partial charge in [-0.2, -0.15) is 4.98 Å². The molecule has 0 bridgehead atoms. The Morgan fingerprint density at radius 1 is 1.13 bits per heavy atom. The first-order valence-electron chi connectivity index (χ1n) is 8.92. The molecule has 0 saturated heterocycles. The zero-order valence-corrected chi connectivity index (χ0v) is 18.1. The number of amides is 1. The van der Waals surface area contributed by atoms with E-state index in [9.17, 15) is 4.79 Å². The van der Waals surface area contributed by atoms with Crippen LogP contribution in [0.4, 0.5) is 5.69 Å². The van der Waals surface area contributed by atoms with Crippen molar-refractivity contribution in [2.45, 2.75) is 6.42 Å². The molecule has 2 aromatic heterocycles. The van der Waals surface area contributed by atoms with Crippen LogP contribution in [0.3, 0.4) is 0 Å². The van der Waals surface area contributed by atoms with E-state index in [1.54, 1.807) is 28.2 Å². The molecule has 4 rings (SSSR count). The van der Waals surface area contributed by atoms with E-state index in [-0.39, 0.29) is 11.9 Å². The molecule has 0 spiro atoms. The minimum atomic E-state index is -0.0656. The monoisotopic (exact) mass is 458 g/mol. The number of rotatable bonds is 6. The molecule has 0 fully saturated rings. The lowest BCUT2D eigenvalue weighted by molar-refractivity contribution is -0.115. The predicted octanol–water partition coefficient (Wildman–Crippen LogP) is 5.49. The van der Waals surface area contributed by atoms with Gasteiger partial charge in [0, 0.05) is 16.1 Å². The fraction of sp³-hybridized carbons (Fsp3) is 0.0952. The highest BCUT2D eigenvalue weighted by Gasteiger charge is 2.15. The van der Waals surface area contributed by atoms with Crippen molar-refractivity contribution in [3.8, 4) is 23.1 Å². The van der Waals surface area contributed by atoms with E-state index in [0.717, 1.165) is 16.1 Å². The highest BCUT2D eigenvalue weighted by atomic mass is 35.5.